The van der Waals surface area contributed by atoms with Crippen molar-refractivity contribution in [1.29, 1.82) is 0 Å². The molecule has 7 heteroatoms. The number of imidazole rings is 1. The van der Waals surface area contributed by atoms with E-state index in [4.69, 9.17) is 9.72 Å². The first kappa shape index (κ1) is 21.7. The number of piperazine rings is 1. The fraction of sp³-hybridized carbons (Fsp3) is 0.417. The molecule has 0 bridgehead atoms. The topological polar surface area (TPSA) is 50.6 Å². The van der Waals surface area contributed by atoms with Gasteiger partial charge >= 0.3 is 6.09 Å². The maximum atomic E-state index is 12.6. The van der Waals surface area contributed by atoms with E-state index in [9.17, 15) is 4.79 Å². The first-order valence-corrected chi connectivity index (χ1v) is 11.4. The Morgan fingerprint density at radius 2 is 1.84 bits per heavy atom. The van der Waals surface area contributed by atoms with Gasteiger partial charge in [0.1, 0.15) is 5.60 Å². The lowest BCUT2D eigenvalue weighted by atomic mass is 10.2. The number of anilines is 1. The van der Waals surface area contributed by atoms with Gasteiger partial charge in [-0.05, 0) is 57.5 Å². The lowest BCUT2D eigenvalue weighted by Gasteiger charge is -2.40. The lowest BCUT2D eigenvalue weighted by molar-refractivity contribution is 0.0158. The number of ether oxygens (including phenoxy) is 1. The number of hydrogen-bond donors (Lipinski definition) is 0. The van der Waals surface area contributed by atoms with Gasteiger partial charge in [-0.15, -0.1) is 0 Å². The fourth-order valence-corrected chi connectivity index (χ4v) is 4.23. The number of halogens is 1. The van der Waals surface area contributed by atoms with E-state index in [0.717, 1.165) is 28.0 Å². The van der Waals surface area contributed by atoms with E-state index in [1.165, 1.54) is 5.56 Å². The van der Waals surface area contributed by atoms with Crippen molar-refractivity contribution in [1.82, 2.24) is 14.5 Å². The highest BCUT2D eigenvalue weighted by atomic mass is 79.9. The highest BCUT2D eigenvalue weighted by Gasteiger charge is 2.32. The van der Waals surface area contributed by atoms with Crippen LogP contribution in [0.15, 0.2) is 53.0 Å². The van der Waals surface area contributed by atoms with Gasteiger partial charge in [0.15, 0.2) is 0 Å². The van der Waals surface area contributed by atoms with Crippen LogP contribution in [0.1, 0.15) is 33.3 Å². The van der Waals surface area contributed by atoms with Gasteiger partial charge < -0.3 is 19.1 Å². The van der Waals surface area contributed by atoms with Crippen LogP contribution in [0.25, 0.3) is 11.0 Å². The van der Waals surface area contributed by atoms with Gasteiger partial charge in [-0.2, -0.15) is 0 Å². The number of fused-ring (bicyclic) bond motifs is 1. The smallest absolute Gasteiger partial charge is 0.410 e. The van der Waals surface area contributed by atoms with Gasteiger partial charge in [0.05, 0.1) is 17.6 Å². The average Bonchev–Trinajstić information content (AvgIpc) is 3.07. The Balaban J connectivity index is 1.60. The molecule has 1 atom stereocenters. The van der Waals surface area contributed by atoms with Crippen LogP contribution in [0.5, 0.6) is 0 Å². The van der Waals surface area contributed by atoms with E-state index in [-0.39, 0.29) is 12.1 Å². The summed E-state index contributed by atoms with van der Waals surface area (Å²) in [6, 6.07) is 16.7. The van der Waals surface area contributed by atoms with Crippen molar-refractivity contribution in [2.24, 2.45) is 0 Å². The number of nitrogens with zero attached hydrogens (tertiary/aromatic N) is 4. The molecule has 0 N–H and O–H groups in total. The van der Waals surface area contributed by atoms with Gasteiger partial charge in [0, 0.05) is 30.1 Å². The molecule has 0 unspecified atom stereocenters. The Kier molecular flexibility index (Phi) is 5.97. The number of hydrogen-bond acceptors (Lipinski definition) is 4. The molecule has 31 heavy (non-hydrogen) atoms. The predicted octanol–water partition coefficient (Wildman–Crippen LogP) is 5.29. The molecule has 1 amide bonds. The average molecular weight is 485 g/mol. The summed E-state index contributed by atoms with van der Waals surface area (Å²) in [6.45, 7) is 10.5. The molecule has 0 saturated carbocycles. The number of rotatable bonds is 3. The quantitative estimate of drug-likeness (QED) is 0.506. The summed E-state index contributed by atoms with van der Waals surface area (Å²) in [6.07, 6.45) is -0.247. The van der Waals surface area contributed by atoms with E-state index >= 15 is 0 Å². The third kappa shape index (κ3) is 4.87. The number of carbonyl (C=O) groups excluding carboxylic acids is 1. The third-order valence-electron chi connectivity index (χ3n) is 5.43. The molecule has 1 aliphatic rings. The minimum atomic E-state index is -0.493. The highest BCUT2D eigenvalue weighted by Crippen LogP contribution is 2.27. The fourth-order valence-electron chi connectivity index (χ4n) is 3.96. The zero-order valence-corrected chi connectivity index (χ0v) is 20.1. The van der Waals surface area contributed by atoms with E-state index in [1.54, 1.807) is 0 Å². The molecule has 0 radical (unpaired) electrons. The molecular formula is C24H29BrN4O2. The summed E-state index contributed by atoms with van der Waals surface area (Å²) >= 11 is 3.51. The molecule has 2 heterocycles. The van der Waals surface area contributed by atoms with Crippen molar-refractivity contribution < 1.29 is 9.53 Å². The molecule has 6 nitrogen and oxygen atoms in total. The minimum absolute atomic E-state index is 0.0320. The molecule has 1 fully saturated rings. The molecule has 0 spiro atoms. The molecule has 1 aliphatic heterocycles. The van der Waals surface area contributed by atoms with Crippen molar-refractivity contribution in [3.05, 3.63) is 58.6 Å². The largest absolute Gasteiger partial charge is 0.444 e. The van der Waals surface area contributed by atoms with Crippen molar-refractivity contribution in [3.8, 4) is 0 Å². The molecule has 1 saturated heterocycles. The van der Waals surface area contributed by atoms with Crippen LogP contribution >= 0.6 is 15.9 Å². The summed E-state index contributed by atoms with van der Waals surface area (Å²) in [5.41, 5.74) is 2.82. The summed E-state index contributed by atoms with van der Waals surface area (Å²) in [5.74, 6) is 0.944. The lowest BCUT2D eigenvalue weighted by Crippen LogP contribution is -2.55. The molecule has 2 aromatic carbocycles. The van der Waals surface area contributed by atoms with Crippen LogP contribution in [0, 0.1) is 0 Å². The van der Waals surface area contributed by atoms with E-state index in [1.807, 2.05) is 31.7 Å². The Bertz CT molecular complexity index is 1070. The van der Waals surface area contributed by atoms with Gasteiger partial charge in [-0.1, -0.05) is 40.2 Å². The van der Waals surface area contributed by atoms with E-state index < -0.39 is 5.60 Å². The first-order chi connectivity index (χ1) is 14.7. The second-order valence-corrected chi connectivity index (χ2v) is 10.00. The zero-order valence-electron chi connectivity index (χ0n) is 18.5. The SMILES string of the molecule is C[C@H]1CN(c2nc3ccccc3n2Cc2ccc(Br)cc2)CCN1C(=O)OC(C)(C)C. The number of aromatic nitrogens is 2. The van der Waals surface area contributed by atoms with E-state index in [0.29, 0.717) is 19.6 Å². The Labute approximate surface area is 191 Å². The van der Waals surface area contributed by atoms with E-state index in [2.05, 4.69) is 74.8 Å². The summed E-state index contributed by atoms with van der Waals surface area (Å²) in [5, 5.41) is 0. The molecular weight excluding hydrogens is 456 g/mol. The standard InChI is InChI=1S/C24H29BrN4O2/c1-17-15-27(13-14-28(17)23(30)31-24(2,3)4)22-26-20-7-5-6-8-21(20)29(22)16-18-9-11-19(25)12-10-18/h5-12,17H,13-16H2,1-4H3/t17-/m0/s1. The van der Waals surface area contributed by atoms with Gasteiger partial charge in [-0.3, -0.25) is 0 Å². The van der Waals surface area contributed by atoms with Crippen LogP contribution in [0.4, 0.5) is 10.7 Å². The van der Waals surface area contributed by atoms with Crippen LogP contribution in [-0.4, -0.2) is 51.8 Å². The minimum Gasteiger partial charge on any atom is -0.444 e. The molecule has 164 valence electrons. The van der Waals surface area contributed by atoms with Gasteiger partial charge in [-0.25, -0.2) is 9.78 Å². The molecule has 1 aromatic heterocycles. The van der Waals surface area contributed by atoms with Crippen LogP contribution in [0.3, 0.4) is 0 Å². The summed E-state index contributed by atoms with van der Waals surface area (Å²) in [7, 11) is 0. The van der Waals surface area contributed by atoms with Crippen LogP contribution in [0.2, 0.25) is 0 Å². The Hall–Kier alpha value is -2.54. The maximum absolute atomic E-state index is 12.6. The van der Waals surface area contributed by atoms with Gasteiger partial charge in [0.25, 0.3) is 0 Å². The van der Waals surface area contributed by atoms with Crippen molar-refractivity contribution >= 4 is 39.0 Å². The second-order valence-electron chi connectivity index (χ2n) is 9.08. The number of benzene rings is 2. The Morgan fingerprint density at radius 3 is 2.52 bits per heavy atom. The maximum Gasteiger partial charge on any atom is 0.410 e. The summed E-state index contributed by atoms with van der Waals surface area (Å²) in [4.78, 5) is 21.7. The molecule has 3 aromatic rings. The monoisotopic (exact) mass is 484 g/mol. The van der Waals surface area contributed by atoms with Crippen molar-refractivity contribution in [3.63, 3.8) is 0 Å². The molecule has 4 rings (SSSR count). The zero-order chi connectivity index (χ0) is 22.2. The van der Waals surface area contributed by atoms with Crippen LogP contribution in [-0.2, 0) is 11.3 Å². The summed E-state index contributed by atoms with van der Waals surface area (Å²) < 4.78 is 8.93. The van der Waals surface area contributed by atoms with Gasteiger partial charge in [0.2, 0.25) is 5.95 Å². The van der Waals surface area contributed by atoms with Crippen LogP contribution < -0.4 is 4.90 Å². The highest BCUT2D eigenvalue weighted by molar-refractivity contribution is 9.10. The number of carbonyl (C=O) groups is 1. The second kappa shape index (κ2) is 8.54. The Morgan fingerprint density at radius 1 is 1.13 bits per heavy atom. The third-order valence-corrected chi connectivity index (χ3v) is 5.96. The number of para-hydroxylation sites is 2. The molecule has 0 aliphatic carbocycles. The predicted molar refractivity (Wildman–Crippen MR) is 128 cm³/mol. The van der Waals surface area contributed by atoms with Crippen molar-refractivity contribution in [2.45, 2.75) is 45.9 Å². The normalized spacial score (nSPS) is 17.3. The first-order valence-electron chi connectivity index (χ1n) is 10.7. The van der Waals surface area contributed by atoms with Crippen molar-refractivity contribution in [2.75, 3.05) is 24.5 Å². The number of amides is 1.